The zero-order valence-corrected chi connectivity index (χ0v) is 16.4. The van der Waals surface area contributed by atoms with Gasteiger partial charge in [0.15, 0.2) is 0 Å². The van der Waals surface area contributed by atoms with Crippen molar-refractivity contribution < 1.29 is 14.4 Å². The van der Waals surface area contributed by atoms with E-state index in [1.807, 2.05) is 36.4 Å². The van der Waals surface area contributed by atoms with Gasteiger partial charge in [0.2, 0.25) is 5.91 Å². The zero-order valence-electron chi connectivity index (χ0n) is 15.7. The van der Waals surface area contributed by atoms with Crippen LogP contribution in [0.15, 0.2) is 48.5 Å². The van der Waals surface area contributed by atoms with E-state index < -0.39 is 11.8 Å². The SMILES string of the molecule is CCc1ccc(NC(=O)CN2CCN(Cc3ccc(Cl)cc3)C(=O)C2=O)cc1. The molecule has 1 N–H and O–H groups in total. The van der Waals surface area contributed by atoms with Crippen LogP contribution in [0.2, 0.25) is 5.02 Å². The molecule has 0 spiro atoms. The molecule has 3 rings (SSSR count). The number of nitrogens with zero attached hydrogens (tertiary/aromatic N) is 2. The fourth-order valence-electron chi connectivity index (χ4n) is 3.02. The molecule has 0 atom stereocenters. The zero-order chi connectivity index (χ0) is 20.1. The molecule has 1 saturated heterocycles. The molecule has 7 heteroatoms. The molecule has 0 aromatic heterocycles. The van der Waals surface area contributed by atoms with Gasteiger partial charge in [-0.15, -0.1) is 0 Å². The van der Waals surface area contributed by atoms with Crippen LogP contribution in [0.5, 0.6) is 0 Å². The van der Waals surface area contributed by atoms with E-state index in [1.165, 1.54) is 15.4 Å². The van der Waals surface area contributed by atoms with E-state index >= 15 is 0 Å². The minimum Gasteiger partial charge on any atom is -0.328 e. The molecule has 1 aliphatic rings. The molecule has 1 aliphatic heterocycles. The summed E-state index contributed by atoms with van der Waals surface area (Å²) in [4.78, 5) is 39.8. The Bertz CT molecular complexity index is 865. The van der Waals surface area contributed by atoms with E-state index in [0.29, 0.717) is 30.3 Å². The van der Waals surface area contributed by atoms with Crippen LogP contribution in [0.1, 0.15) is 18.1 Å². The van der Waals surface area contributed by atoms with Gasteiger partial charge in [0.1, 0.15) is 6.54 Å². The number of halogens is 1. The number of carbonyl (C=O) groups is 3. The van der Waals surface area contributed by atoms with Crippen LogP contribution in [0.4, 0.5) is 5.69 Å². The number of amides is 3. The molecular formula is C21H22ClN3O3. The molecule has 0 aliphatic carbocycles. The second kappa shape index (κ2) is 8.89. The van der Waals surface area contributed by atoms with Crippen molar-refractivity contribution in [3.8, 4) is 0 Å². The lowest BCUT2D eigenvalue weighted by atomic mass is 10.1. The van der Waals surface area contributed by atoms with Crippen LogP contribution in [0.25, 0.3) is 0 Å². The molecule has 0 bridgehead atoms. The molecule has 0 radical (unpaired) electrons. The van der Waals surface area contributed by atoms with E-state index in [9.17, 15) is 14.4 Å². The first-order valence-corrected chi connectivity index (χ1v) is 9.55. The fraction of sp³-hybridized carbons (Fsp3) is 0.286. The van der Waals surface area contributed by atoms with Crippen LogP contribution in [-0.2, 0) is 27.3 Å². The first kappa shape index (κ1) is 19.9. The third-order valence-corrected chi connectivity index (χ3v) is 4.92. The maximum absolute atomic E-state index is 12.4. The third kappa shape index (κ3) is 4.89. The predicted molar refractivity (Wildman–Crippen MR) is 108 cm³/mol. The Balaban J connectivity index is 1.54. The lowest BCUT2D eigenvalue weighted by Crippen LogP contribution is -2.55. The number of anilines is 1. The highest BCUT2D eigenvalue weighted by molar-refractivity contribution is 6.35. The van der Waals surface area contributed by atoms with Crippen LogP contribution < -0.4 is 5.32 Å². The molecule has 6 nitrogen and oxygen atoms in total. The van der Waals surface area contributed by atoms with Crippen molar-refractivity contribution in [1.29, 1.82) is 0 Å². The largest absolute Gasteiger partial charge is 0.328 e. The summed E-state index contributed by atoms with van der Waals surface area (Å²) >= 11 is 5.87. The van der Waals surface area contributed by atoms with Crippen LogP contribution in [0, 0.1) is 0 Å². The van der Waals surface area contributed by atoms with Crippen molar-refractivity contribution in [3.05, 3.63) is 64.7 Å². The highest BCUT2D eigenvalue weighted by Gasteiger charge is 2.33. The van der Waals surface area contributed by atoms with E-state index in [1.54, 1.807) is 12.1 Å². The summed E-state index contributed by atoms with van der Waals surface area (Å²) in [5.74, 6) is -1.57. The number of nitrogens with one attached hydrogen (secondary N) is 1. The fourth-order valence-corrected chi connectivity index (χ4v) is 3.15. The third-order valence-electron chi connectivity index (χ3n) is 4.66. The van der Waals surface area contributed by atoms with E-state index in [4.69, 9.17) is 11.6 Å². The average molecular weight is 400 g/mol. The molecule has 146 valence electrons. The Morgan fingerprint density at radius 3 is 2.14 bits per heavy atom. The topological polar surface area (TPSA) is 69.7 Å². The molecule has 0 saturated carbocycles. The van der Waals surface area contributed by atoms with Crippen molar-refractivity contribution in [2.75, 3.05) is 25.0 Å². The summed E-state index contributed by atoms with van der Waals surface area (Å²) in [7, 11) is 0. The van der Waals surface area contributed by atoms with Crippen LogP contribution in [-0.4, -0.2) is 47.2 Å². The second-order valence-corrected chi connectivity index (χ2v) is 7.11. The van der Waals surface area contributed by atoms with Gasteiger partial charge in [-0.2, -0.15) is 0 Å². The van der Waals surface area contributed by atoms with Crippen LogP contribution in [0.3, 0.4) is 0 Å². The van der Waals surface area contributed by atoms with Gasteiger partial charge in [-0.1, -0.05) is 42.8 Å². The molecule has 1 fully saturated rings. The molecule has 3 amide bonds. The second-order valence-electron chi connectivity index (χ2n) is 6.68. The molecule has 2 aromatic carbocycles. The van der Waals surface area contributed by atoms with Crippen molar-refractivity contribution in [2.24, 2.45) is 0 Å². The van der Waals surface area contributed by atoms with Gasteiger partial charge in [0.05, 0.1) is 0 Å². The normalized spacial score (nSPS) is 14.4. The monoisotopic (exact) mass is 399 g/mol. The highest BCUT2D eigenvalue weighted by Crippen LogP contribution is 2.15. The minimum absolute atomic E-state index is 0.144. The first-order valence-electron chi connectivity index (χ1n) is 9.17. The predicted octanol–water partition coefficient (Wildman–Crippen LogP) is 2.71. The lowest BCUT2D eigenvalue weighted by Gasteiger charge is -2.33. The van der Waals surface area contributed by atoms with Gasteiger partial charge in [-0.05, 0) is 41.8 Å². The molecule has 1 heterocycles. The van der Waals surface area contributed by atoms with Crippen LogP contribution >= 0.6 is 11.6 Å². The van der Waals surface area contributed by atoms with Gasteiger partial charge in [0, 0.05) is 30.3 Å². The average Bonchev–Trinajstić information content (AvgIpc) is 2.70. The number of piperazine rings is 1. The van der Waals surface area contributed by atoms with Crippen molar-refractivity contribution in [3.63, 3.8) is 0 Å². The summed E-state index contributed by atoms with van der Waals surface area (Å²) < 4.78 is 0. The smallest absolute Gasteiger partial charge is 0.312 e. The standard InChI is InChI=1S/C21H22ClN3O3/c1-2-15-5-9-18(10-6-15)23-19(26)14-25-12-11-24(20(27)21(25)28)13-16-3-7-17(22)8-4-16/h3-10H,2,11-14H2,1H3,(H,23,26). The number of aryl methyl sites for hydroxylation is 1. The van der Waals surface area contributed by atoms with Gasteiger partial charge in [-0.25, -0.2) is 0 Å². The summed E-state index contributed by atoms with van der Waals surface area (Å²) in [6, 6.07) is 14.7. The van der Waals surface area contributed by atoms with Gasteiger partial charge < -0.3 is 15.1 Å². The Morgan fingerprint density at radius 1 is 0.929 bits per heavy atom. The Hall–Kier alpha value is -2.86. The lowest BCUT2D eigenvalue weighted by molar-refractivity contribution is -0.157. The number of rotatable bonds is 6. The van der Waals surface area contributed by atoms with E-state index in [-0.39, 0.29) is 12.5 Å². The first-order chi connectivity index (χ1) is 13.5. The van der Waals surface area contributed by atoms with E-state index in [0.717, 1.165) is 12.0 Å². The Labute approximate surface area is 169 Å². The number of carbonyl (C=O) groups excluding carboxylic acids is 3. The minimum atomic E-state index is -0.656. The quantitative estimate of drug-likeness (QED) is 0.759. The van der Waals surface area contributed by atoms with Gasteiger partial charge >= 0.3 is 11.8 Å². The van der Waals surface area contributed by atoms with Crippen molar-refractivity contribution >= 4 is 35.0 Å². The van der Waals surface area contributed by atoms with E-state index in [2.05, 4.69) is 12.2 Å². The van der Waals surface area contributed by atoms with Gasteiger partial charge in [-0.3, -0.25) is 14.4 Å². The number of benzene rings is 2. The molecule has 0 unspecified atom stereocenters. The highest BCUT2D eigenvalue weighted by atomic mass is 35.5. The van der Waals surface area contributed by atoms with Crippen molar-refractivity contribution in [2.45, 2.75) is 19.9 Å². The summed E-state index contributed by atoms with van der Waals surface area (Å²) in [6.45, 7) is 2.95. The van der Waals surface area contributed by atoms with Gasteiger partial charge in [0.25, 0.3) is 0 Å². The summed E-state index contributed by atoms with van der Waals surface area (Å²) in [5, 5.41) is 3.38. The number of hydrogen-bond acceptors (Lipinski definition) is 3. The van der Waals surface area contributed by atoms with Crippen molar-refractivity contribution in [1.82, 2.24) is 9.80 Å². The molecule has 28 heavy (non-hydrogen) atoms. The molecule has 2 aromatic rings. The summed E-state index contributed by atoms with van der Waals surface area (Å²) in [6.07, 6.45) is 0.922. The maximum Gasteiger partial charge on any atom is 0.312 e. The Morgan fingerprint density at radius 2 is 1.50 bits per heavy atom. The Kier molecular flexibility index (Phi) is 6.31. The molecular weight excluding hydrogens is 378 g/mol. The number of hydrogen-bond donors (Lipinski definition) is 1. The maximum atomic E-state index is 12.4. The summed E-state index contributed by atoms with van der Waals surface area (Å²) in [5.41, 5.74) is 2.74.